The first-order chi connectivity index (χ1) is 8.75. The van der Waals surface area contributed by atoms with Crippen LogP contribution in [-0.4, -0.2) is 5.11 Å². The van der Waals surface area contributed by atoms with Gasteiger partial charge in [-0.1, -0.05) is 45.7 Å². The Kier molecular flexibility index (Phi) is 3.74. The van der Waals surface area contributed by atoms with E-state index in [0.717, 1.165) is 31.2 Å². The quantitative estimate of drug-likeness (QED) is 0.788. The minimum Gasteiger partial charge on any atom is -0.385 e. The number of benzene rings is 1. The molecule has 1 nitrogen and oxygen atoms in total. The average molecular weight is 264 g/mol. The Morgan fingerprint density at radius 1 is 1.26 bits per heavy atom. The van der Waals surface area contributed by atoms with Crippen molar-refractivity contribution in [2.75, 3.05) is 0 Å². The van der Waals surface area contributed by atoms with Crippen LogP contribution in [-0.2, 0) is 5.60 Å². The van der Waals surface area contributed by atoms with E-state index in [1.54, 1.807) is 13.0 Å². The van der Waals surface area contributed by atoms with Crippen molar-refractivity contribution in [3.63, 3.8) is 0 Å². The normalized spacial score (nSPS) is 28.4. The summed E-state index contributed by atoms with van der Waals surface area (Å²) in [5.74, 6) is -0.0417. The highest BCUT2D eigenvalue weighted by Crippen LogP contribution is 2.49. The second kappa shape index (κ2) is 4.90. The summed E-state index contributed by atoms with van der Waals surface area (Å²) >= 11 is 0. The van der Waals surface area contributed by atoms with Crippen molar-refractivity contribution in [2.24, 2.45) is 11.3 Å². The summed E-state index contributed by atoms with van der Waals surface area (Å²) in [6.07, 6.45) is 3.91. The molecule has 0 heterocycles. The maximum atomic E-state index is 13.8. The summed E-state index contributed by atoms with van der Waals surface area (Å²) in [7, 11) is 0. The summed E-state index contributed by atoms with van der Waals surface area (Å²) in [4.78, 5) is 0. The van der Waals surface area contributed by atoms with Crippen molar-refractivity contribution in [3.8, 4) is 0 Å². The van der Waals surface area contributed by atoms with Crippen LogP contribution in [0.5, 0.6) is 0 Å². The van der Waals surface area contributed by atoms with Gasteiger partial charge in [0, 0.05) is 0 Å². The molecule has 1 aromatic carbocycles. The molecule has 19 heavy (non-hydrogen) atoms. The molecule has 1 aliphatic carbocycles. The Morgan fingerprint density at radius 2 is 1.95 bits per heavy atom. The number of halogens is 1. The SMILES string of the molecule is Cc1ccc(C2(O)CCCCC2C(C)(C)C)cc1F. The molecule has 0 spiro atoms. The van der Waals surface area contributed by atoms with E-state index in [9.17, 15) is 9.50 Å². The molecule has 106 valence electrons. The van der Waals surface area contributed by atoms with Gasteiger partial charge in [-0.3, -0.25) is 0 Å². The van der Waals surface area contributed by atoms with Crippen LogP contribution >= 0.6 is 0 Å². The lowest BCUT2D eigenvalue weighted by molar-refractivity contribution is -0.0961. The maximum absolute atomic E-state index is 13.8. The summed E-state index contributed by atoms with van der Waals surface area (Å²) in [5.41, 5.74) is 0.521. The van der Waals surface area contributed by atoms with Gasteiger partial charge < -0.3 is 5.11 Å². The van der Waals surface area contributed by atoms with Crippen LogP contribution in [0.4, 0.5) is 4.39 Å². The summed E-state index contributed by atoms with van der Waals surface area (Å²) in [5, 5.41) is 11.2. The topological polar surface area (TPSA) is 20.2 Å². The second-order valence-electron chi connectivity index (χ2n) is 7.05. The predicted octanol–water partition coefficient (Wildman–Crippen LogP) is 4.56. The van der Waals surface area contributed by atoms with Crippen LogP contribution in [0.25, 0.3) is 0 Å². The minimum absolute atomic E-state index is 0.0243. The highest BCUT2D eigenvalue weighted by molar-refractivity contribution is 5.29. The lowest BCUT2D eigenvalue weighted by Gasteiger charge is -2.47. The molecular weight excluding hydrogens is 239 g/mol. The first-order valence-electron chi connectivity index (χ1n) is 7.24. The van der Waals surface area contributed by atoms with Crippen LogP contribution in [0.15, 0.2) is 18.2 Å². The van der Waals surface area contributed by atoms with E-state index < -0.39 is 5.60 Å². The van der Waals surface area contributed by atoms with Gasteiger partial charge in [0.2, 0.25) is 0 Å². The van der Waals surface area contributed by atoms with Gasteiger partial charge in [-0.15, -0.1) is 0 Å². The van der Waals surface area contributed by atoms with E-state index in [0.29, 0.717) is 5.56 Å². The van der Waals surface area contributed by atoms with E-state index in [1.807, 2.05) is 6.07 Å². The number of aryl methyl sites for hydroxylation is 1. The second-order valence-corrected chi connectivity index (χ2v) is 7.05. The third kappa shape index (κ3) is 2.69. The van der Waals surface area contributed by atoms with Crippen molar-refractivity contribution in [1.82, 2.24) is 0 Å². The third-order valence-electron chi connectivity index (χ3n) is 4.59. The van der Waals surface area contributed by atoms with E-state index in [-0.39, 0.29) is 17.2 Å². The van der Waals surface area contributed by atoms with Gasteiger partial charge >= 0.3 is 0 Å². The molecule has 1 fully saturated rings. The zero-order valence-electron chi connectivity index (χ0n) is 12.5. The van der Waals surface area contributed by atoms with Crippen molar-refractivity contribution >= 4 is 0 Å². The van der Waals surface area contributed by atoms with Crippen LogP contribution in [0.1, 0.15) is 57.6 Å². The lowest BCUT2D eigenvalue weighted by Crippen LogP contribution is -2.44. The summed E-state index contributed by atoms with van der Waals surface area (Å²) in [6, 6.07) is 5.19. The minimum atomic E-state index is -0.884. The fourth-order valence-corrected chi connectivity index (χ4v) is 3.51. The smallest absolute Gasteiger partial charge is 0.126 e. The van der Waals surface area contributed by atoms with Crippen molar-refractivity contribution < 1.29 is 9.50 Å². The van der Waals surface area contributed by atoms with E-state index in [1.165, 1.54) is 6.07 Å². The summed E-state index contributed by atoms with van der Waals surface area (Å²) in [6.45, 7) is 8.25. The molecule has 2 heteroatoms. The number of aliphatic hydroxyl groups is 1. The number of hydrogen-bond donors (Lipinski definition) is 1. The maximum Gasteiger partial charge on any atom is 0.126 e. The Bertz CT molecular complexity index is 461. The fourth-order valence-electron chi connectivity index (χ4n) is 3.51. The lowest BCUT2D eigenvalue weighted by atomic mass is 9.61. The third-order valence-corrected chi connectivity index (χ3v) is 4.59. The van der Waals surface area contributed by atoms with Crippen molar-refractivity contribution in [1.29, 1.82) is 0 Å². The standard InChI is InChI=1S/C17H25FO/c1-12-8-9-13(11-14(12)18)17(19)10-6-5-7-15(17)16(2,3)4/h8-9,11,15,19H,5-7,10H2,1-4H3. The molecule has 0 aliphatic heterocycles. The predicted molar refractivity (Wildman–Crippen MR) is 76.4 cm³/mol. The van der Waals surface area contributed by atoms with Crippen LogP contribution < -0.4 is 0 Å². The molecular formula is C17H25FO. The van der Waals surface area contributed by atoms with Gasteiger partial charge in [0.25, 0.3) is 0 Å². The first kappa shape index (κ1) is 14.5. The summed E-state index contributed by atoms with van der Waals surface area (Å²) < 4.78 is 13.8. The zero-order chi connectivity index (χ0) is 14.3. The molecule has 0 aromatic heterocycles. The number of hydrogen-bond acceptors (Lipinski definition) is 1. The molecule has 0 saturated heterocycles. The fraction of sp³-hybridized carbons (Fsp3) is 0.647. The van der Waals surface area contributed by atoms with Gasteiger partial charge in [-0.25, -0.2) is 4.39 Å². The Labute approximate surface area is 115 Å². The molecule has 0 radical (unpaired) electrons. The monoisotopic (exact) mass is 264 g/mol. The van der Waals surface area contributed by atoms with E-state index >= 15 is 0 Å². The van der Waals surface area contributed by atoms with Crippen molar-refractivity contribution in [2.45, 2.75) is 59.0 Å². The van der Waals surface area contributed by atoms with Gasteiger partial charge in [-0.2, -0.15) is 0 Å². The van der Waals surface area contributed by atoms with Gasteiger partial charge in [0.1, 0.15) is 5.82 Å². The van der Waals surface area contributed by atoms with E-state index in [4.69, 9.17) is 0 Å². The number of rotatable bonds is 1. The van der Waals surface area contributed by atoms with Gasteiger partial charge in [0.05, 0.1) is 5.60 Å². The Morgan fingerprint density at radius 3 is 2.53 bits per heavy atom. The van der Waals surface area contributed by atoms with Gasteiger partial charge in [-0.05, 0) is 48.3 Å². The highest BCUT2D eigenvalue weighted by Gasteiger charge is 2.46. The highest BCUT2D eigenvalue weighted by atomic mass is 19.1. The molecule has 2 rings (SSSR count). The van der Waals surface area contributed by atoms with Gasteiger partial charge in [0.15, 0.2) is 0 Å². The molecule has 1 aromatic rings. The zero-order valence-corrected chi connectivity index (χ0v) is 12.5. The largest absolute Gasteiger partial charge is 0.385 e. The first-order valence-corrected chi connectivity index (χ1v) is 7.24. The Balaban J connectivity index is 2.45. The van der Waals surface area contributed by atoms with Crippen LogP contribution in [0, 0.1) is 24.1 Å². The Hall–Kier alpha value is -0.890. The molecule has 1 N–H and O–H groups in total. The van der Waals surface area contributed by atoms with Crippen LogP contribution in [0.2, 0.25) is 0 Å². The molecule has 2 atom stereocenters. The van der Waals surface area contributed by atoms with Crippen LogP contribution in [0.3, 0.4) is 0 Å². The molecule has 0 amide bonds. The van der Waals surface area contributed by atoms with Crippen molar-refractivity contribution in [3.05, 3.63) is 35.1 Å². The molecule has 1 saturated carbocycles. The van der Waals surface area contributed by atoms with E-state index in [2.05, 4.69) is 20.8 Å². The molecule has 0 bridgehead atoms. The average Bonchev–Trinajstić information content (AvgIpc) is 2.31. The molecule has 2 unspecified atom stereocenters. The molecule has 1 aliphatic rings.